The van der Waals surface area contributed by atoms with Crippen LogP contribution < -0.4 is 10.6 Å². The third-order valence-corrected chi connectivity index (χ3v) is 4.30. The highest BCUT2D eigenvalue weighted by Crippen LogP contribution is 2.20. The summed E-state index contributed by atoms with van der Waals surface area (Å²) in [7, 11) is 3.85. The first-order valence-electron chi connectivity index (χ1n) is 8.15. The molecule has 4 amide bonds. The minimum atomic E-state index is -0.672. The Morgan fingerprint density at radius 1 is 1.32 bits per heavy atom. The van der Waals surface area contributed by atoms with E-state index in [2.05, 4.69) is 10.6 Å². The summed E-state index contributed by atoms with van der Waals surface area (Å²) in [6.45, 7) is 1.42. The van der Waals surface area contributed by atoms with Gasteiger partial charge in [0.25, 0.3) is 5.91 Å². The predicted molar refractivity (Wildman–Crippen MR) is 95.1 cm³/mol. The molecule has 25 heavy (non-hydrogen) atoms. The van der Waals surface area contributed by atoms with Crippen LogP contribution in [0.25, 0.3) is 0 Å². The van der Waals surface area contributed by atoms with E-state index >= 15 is 0 Å². The number of urea groups is 1. The smallest absolute Gasteiger partial charge is 0.325 e. The summed E-state index contributed by atoms with van der Waals surface area (Å²) in [5.41, 5.74) is 0.703. The van der Waals surface area contributed by atoms with Crippen LogP contribution in [-0.4, -0.2) is 60.9 Å². The highest BCUT2D eigenvalue weighted by molar-refractivity contribution is 6.31. The number of likely N-dealkylation sites (N-methyl/N-ethyl adjacent to an activating group) is 1. The van der Waals surface area contributed by atoms with Crippen LogP contribution in [0.5, 0.6) is 0 Å². The number of nitrogens with one attached hydrogen (secondary N) is 2. The summed E-state index contributed by atoms with van der Waals surface area (Å²) in [6.07, 6.45) is 0.460. The maximum Gasteiger partial charge on any atom is 0.325 e. The summed E-state index contributed by atoms with van der Waals surface area (Å²) in [6, 6.07) is 5.95. The largest absolute Gasteiger partial charge is 0.355 e. The summed E-state index contributed by atoms with van der Waals surface area (Å²) < 4.78 is 0. The van der Waals surface area contributed by atoms with Gasteiger partial charge in [0.2, 0.25) is 5.91 Å². The fraction of sp³-hybridized carbons (Fsp3) is 0.471. The van der Waals surface area contributed by atoms with Gasteiger partial charge in [0, 0.05) is 24.5 Å². The summed E-state index contributed by atoms with van der Waals surface area (Å²) >= 11 is 6.08. The lowest BCUT2D eigenvalue weighted by atomic mass is 10.1. The van der Waals surface area contributed by atoms with Crippen LogP contribution in [0.4, 0.5) is 4.79 Å². The molecular formula is C17H23ClN4O3. The van der Waals surface area contributed by atoms with Gasteiger partial charge in [-0.25, -0.2) is 4.79 Å². The zero-order valence-electron chi connectivity index (χ0n) is 14.4. The monoisotopic (exact) mass is 366 g/mol. The Bertz CT molecular complexity index is 651. The molecule has 0 aliphatic carbocycles. The maximum atomic E-state index is 12.4. The molecule has 1 aliphatic heterocycles. The van der Waals surface area contributed by atoms with E-state index in [0.717, 1.165) is 11.4 Å². The van der Waals surface area contributed by atoms with Crippen molar-refractivity contribution in [1.82, 2.24) is 20.4 Å². The number of imide groups is 1. The minimum Gasteiger partial charge on any atom is -0.355 e. The molecule has 1 atom stereocenters. The third-order valence-electron chi connectivity index (χ3n) is 3.93. The van der Waals surface area contributed by atoms with Gasteiger partial charge in [-0.15, -0.1) is 0 Å². The first-order chi connectivity index (χ1) is 11.9. The van der Waals surface area contributed by atoms with Gasteiger partial charge in [-0.1, -0.05) is 29.8 Å². The Morgan fingerprint density at radius 2 is 2.04 bits per heavy atom. The Morgan fingerprint density at radius 3 is 2.72 bits per heavy atom. The molecule has 0 saturated carbocycles. The Labute approximate surface area is 152 Å². The lowest BCUT2D eigenvalue weighted by Crippen LogP contribution is -2.34. The Hall–Kier alpha value is -2.12. The number of hydrogen-bond acceptors (Lipinski definition) is 4. The molecule has 0 bridgehead atoms. The fourth-order valence-corrected chi connectivity index (χ4v) is 2.70. The van der Waals surface area contributed by atoms with E-state index in [1.54, 1.807) is 24.3 Å². The van der Waals surface area contributed by atoms with E-state index in [0.29, 0.717) is 17.1 Å². The number of halogens is 1. The van der Waals surface area contributed by atoms with Crippen LogP contribution >= 0.6 is 11.6 Å². The predicted octanol–water partition coefficient (Wildman–Crippen LogP) is 1.22. The quantitative estimate of drug-likeness (QED) is 0.678. The number of rotatable bonds is 8. The van der Waals surface area contributed by atoms with Crippen molar-refractivity contribution in [3.8, 4) is 0 Å². The molecule has 2 rings (SSSR count). The van der Waals surface area contributed by atoms with Crippen molar-refractivity contribution >= 4 is 29.4 Å². The van der Waals surface area contributed by atoms with E-state index < -0.39 is 12.1 Å². The molecule has 1 fully saturated rings. The lowest BCUT2D eigenvalue weighted by Gasteiger charge is -2.14. The number of hydrogen-bond donors (Lipinski definition) is 2. The van der Waals surface area contributed by atoms with Gasteiger partial charge in [0.15, 0.2) is 0 Å². The zero-order valence-corrected chi connectivity index (χ0v) is 15.2. The highest BCUT2D eigenvalue weighted by Gasteiger charge is 2.37. The van der Waals surface area contributed by atoms with Crippen molar-refractivity contribution in [2.45, 2.75) is 25.4 Å². The molecule has 1 heterocycles. The van der Waals surface area contributed by atoms with E-state index in [-0.39, 0.29) is 31.2 Å². The van der Waals surface area contributed by atoms with Crippen LogP contribution in [0.3, 0.4) is 0 Å². The fourth-order valence-electron chi connectivity index (χ4n) is 2.50. The third kappa shape index (κ3) is 5.44. The zero-order chi connectivity index (χ0) is 18.4. The molecule has 1 aromatic carbocycles. The van der Waals surface area contributed by atoms with Gasteiger partial charge in [0.05, 0.1) is 6.54 Å². The Kier molecular flexibility index (Phi) is 6.78. The van der Waals surface area contributed by atoms with E-state index in [4.69, 9.17) is 11.6 Å². The molecular weight excluding hydrogens is 344 g/mol. The highest BCUT2D eigenvalue weighted by atomic mass is 35.5. The minimum absolute atomic E-state index is 0.121. The van der Waals surface area contributed by atoms with E-state index in [1.807, 2.05) is 19.0 Å². The SMILES string of the molecule is CN(C)CCNC(=O)CC[C@H]1NC(=O)N(Cc2ccccc2Cl)C1=O. The topological polar surface area (TPSA) is 81.8 Å². The number of nitrogens with zero attached hydrogens (tertiary/aromatic N) is 2. The maximum absolute atomic E-state index is 12.4. The van der Waals surface area contributed by atoms with Crippen molar-refractivity contribution in [2.24, 2.45) is 0 Å². The van der Waals surface area contributed by atoms with Gasteiger partial charge in [-0.3, -0.25) is 14.5 Å². The second kappa shape index (κ2) is 8.82. The van der Waals surface area contributed by atoms with Crippen molar-refractivity contribution in [1.29, 1.82) is 0 Å². The summed E-state index contributed by atoms with van der Waals surface area (Å²) in [4.78, 5) is 39.4. The second-order valence-corrected chi connectivity index (χ2v) is 6.62. The average molecular weight is 367 g/mol. The first kappa shape index (κ1) is 19.2. The standard InChI is InChI=1S/C17H23ClN4O3/c1-21(2)10-9-19-15(23)8-7-14-16(24)22(17(25)20-14)11-12-5-3-4-6-13(12)18/h3-6,14H,7-11H2,1-2H3,(H,19,23)(H,20,25)/t14-/m1/s1. The molecule has 0 unspecified atom stereocenters. The molecule has 8 heteroatoms. The number of carbonyl (C=O) groups excluding carboxylic acids is 3. The van der Waals surface area contributed by atoms with Gasteiger partial charge < -0.3 is 15.5 Å². The van der Waals surface area contributed by atoms with Gasteiger partial charge in [-0.05, 0) is 32.1 Å². The van der Waals surface area contributed by atoms with Gasteiger partial charge >= 0.3 is 6.03 Å². The number of amides is 4. The van der Waals surface area contributed by atoms with Crippen LogP contribution in [-0.2, 0) is 16.1 Å². The number of benzene rings is 1. The molecule has 136 valence electrons. The van der Waals surface area contributed by atoms with Crippen LogP contribution in [0, 0.1) is 0 Å². The van der Waals surface area contributed by atoms with E-state index in [1.165, 1.54) is 0 Å². The molecule has 2 N–H and O–H groups in total. The van der Waals surface area contributed by atoms with Crippen molar-refractivity contribution in [2.75, 3.05) is 27.2 Å². The molecule has 1 aromatic rings. The van der Waals surface area contributed by atoms with Crippen LogP contribution in [0.15, 0.2) is 24.3 Å². The molecule has 1 aliphatic rings. The normalized spacial score (nSPS) is 17.1. The Balaban J connectivity index is 1.84. The average Bonchev–Trinajstić information content (AvgIpc) is 2.82. The van der Waals surface area contributed by atoms with Crippen molar-refractivity contribution in [3.05, 3.63) is 34.9 Å². The van der Waals surface area contributed by atoms with Crippen LogP contribution in [0.1, 0.15) is 18.4 Å². The molecule has 7 nitrogen and oxygen atoms in total. The first-order valence-corrected chi connectivity index (χ1v) is 8.53. The molecule has 0 radical (unpaired) electrons. The summed E-state index contributed by atoms with van der Waals surface area (Å²) in [5.74, 6) is -0.459. The van der Waals surface area contributed by atoms with Gasteiger partial charge in [-0.2, -0.15) is 0 Å². The second-order valence-electron chi connectivity index (χ2n) is 6.21. The molecule has 0 aromatic heterocycles. The van der Waals surface area contributed by atoms with Crippen LogP contribution in [0.2, 0.25) is 5.02 Å². The van der Waals surface area contributed by atoms with E-state index in [9.17, 15) is 14.4 Å². The number of carbonyl (C=O) groups is 3. The lowest BCUT2D eigenvalue weighted by molar-refractivity contribution is -0.128. The van der Waals surface area contributed by atoms with Crippen molar-refractivity contribution < 1.29 is 14.4 Å². The van der Waals surface area contributed by atoms with Gasteiger partial charge in [0.1, 0.15) is 6.04 Å². The van der Waals surface area contributed by atoms with Crippen molar-refractivity contribution in [3.63, 3.8) is 0 Å². The molecule has 1 saturated heterocycles. The molecule has 0 spiro atoms. The summed E-state index contributed by atoms with van der Waals surface area (Å²) in [5, 5.41) is 5.92.